The zero-order chi connectivity index (χ0) is 14.0. The van der Waals surface area contributed by atoms with Crippen LogP contribution in [-0.4, -0.2) is 23.8 Å². The summed E-state index contributed by atoms with van der Waals surface area (Å²) in [6, 6.07) is 0. The number of allylic oxidation sites excluding steroid dienone is 5. The van der Waals surface area contributed by atoms with Crippen molar-refractivity contribution < 1.29 is 29.3 Å². The molecule has 98 valence electrons. The Kier molecular flexibility index (Phi) is 3.33. The molecule has 1 atom stereocenters. The molecule has 0 heterocycles. The molecule has 0 N–H and O–H groups in total. The van der Waals surface area contributed by atoms with Gasteiger partial charge in [0.25, 0.3) is 0 Å². The van der Waals surface area contributed by atoms with Crippen LogP contribution in [0.4, 0.5) is 0 Å². The molecule has 19 heavy (non-hydrogen) atoms. The molecule has 6 heteroatoms. The lowest BCUT2D eigenvalue weighted by atomic mass is 10.0. The van der Waals surface area contributed by atoms with Crippen molar-refractivity contribution in [1.29, 1.82) is 0 Å². The highest BCUT2D eigenvalue weighted by Gasteiger charge is 2.26. The summed E-state index contributed by atoms with van der Waals surface area (Å²) >= 11 is 0. The van der Waals surface area contributed by atoms with Gasteiger partial charge in [0.1, 0.15) is 11.7 Å². The van der Waals surface area contributed by atoms with Crippen LogP contribution in [0.5, 0.6) is 0 Å². The monoisotopic (exact) mass is 260 g/mol. The summed E-state index contributed by atoms with van der Waals surface area (Å²) in [5, 5.41) is 21.5. The summed E-state index contributed by atoms with van der Waals surface area (Å²) < 4.78 is 4.99. The maximum atomic E-state index is 11.7. The summed E-state index contributed by atoms with van der Waals surface area (Å²) in [4.78, 5) is 33.2. The second kappa shape index (κ2) is 4.93. The number of carboxylic acids is 2. The van der Waals surface area contributed by atoms with Crippen molar-refractivity contribution in [2.45, 2.75) is 6.10 Å². The van der Waals surface area contributed by atoms with E-state index in [-0.39, 0.29) is 5.92 Å². The van der Waals surface area contributed by atoms with Gasteiger partial charge in [-0.25, -0.2) is 0 Å². The maximum absolute atomic E-state index is 11.7. The van der Waals surface area contributed by atoms with Crippen LogP contribution < -0.4 is 10.2 Å². The Labute approximate surface area is 108 Å². The van der Waals surface area contributed by atoms with Crippen molar-refractivity contribution in [3.8, 4) is 0 Å². The first-order valence-electron chi connectivity index (χ1n) is 5.41. The van der Waals surface area contributed by atoms with Crippen molar-refractivity contribution in [2.75, 3.05) is 0 Å². The van der Waals surface area contributed by atoms with Gasteiger partial charge in [0.05, 0.1) is 5.97 Å². The minimum atomic E-state index is -1.63. The van der Waals surface area contributed by atoms with Crippen molar-refractivity contribution >= 4 is 17.7 Å². The molecule has 0 saturated heterocycles. The number of rotatable bonds is 5. The fraction of sp³-hybridized carbons (Fsp3) is 0.154. The third-order valence-corrected chi connectivity index (χ3v) is 2.51. The van der Waals surface area contributed by atoms with Gasteiger partial charge >= 0.3 is 0 Å². The molecule has 0 aromatic heterocycles. The molecule has 0 aromatic rings. The van der Waals surface area contributed by atoms with Crippen molar-refractivity contribution in [1.82, 2.24) is 0 Å². The van der Waals surface area contributed by atoms with Crippen LogP contribution in [0, 0.1) is 5.92 Å². The molecular weight excluding hydrogens is 252 g/mol. The third kappa shape index (κ3) is 2.98. The smallest absolute Gasteiger partial charge is 0.209 e. The minimum Gasteiger partial charge on any atom is -0.545 e. The van der Waals surface area contributed by atoms with Crippen LogP contribution in [0.15, 0.2) is 47.8 Å². The minimum absolute atomic E-state index is 0.133. The fourth-order valence-electron chi connectivity index (χ4n) is 1.48. The van der Waals surface area contributed by atoms with Crippen LogP contribution in [-0.2, 0) is 19.1 Å². The summed E-state index contributed by atoms with van der Waals surface area (Å²) in [6.45, 7) is 0. The Morgan fingerprint density at radius 2 is 1.89 bits per heavy atom. The number of hydrogen-bond donors (Lipinski definition) is 0. The predicted molar refractivity (Wildman–Crippen MR) is 57.8 cm³/mol. The van der Waals surface area contributed by atoms with E-state index in [9.17, 15) is 24.6 Å². The molecule has 0 bridgehead atoms. The van der Waals surface area contributed by atoms with E-state index in [1.165, 1.54) is 18.2 Å². The van der Waals surface area contributed by atoms with Gasteiger partial charge in [-0.15, -0.1) is 0 Å². The first kappa shape index (κ1) is 12.8. The van der Waals surface area contributed by atoms with E-state index < -0.39 is 35.2 Å². The zero-order valence-electron chi connectivity index (χ0n) is 9.57. The van der Waals surface area contributed by atoms with E-state index in [4.69, 9.17) is 4.74 Å². The molecule has 0 spiro atoms. The first-order valence-corrected chi connectivity index (χ1v) is 5.41. The SMILES string of the molecule is O=C([O-])C1=CC=CC(O/C(=C\C2C=C2)C(=O)[O-])C1=O. The second-order valence-electron chi connectivity index (χ2n) is 3.94. The number of ketones is 1. The molecule has 0 amide bonds. The van der Waals surface area contributed by atoms with Gasteiger partial charge in [0.15, 0.2) is 6.10 Å². The number of carbonyl (C=O) groups is 3. The molecule has 0 aliphatic heterocycles. The second-order valence-corrected chi connectivity index (χ2v) is 3.94. The molecular formula is C13H8O6-2. The Balaban J connectivity index is 2.13. The lowest BCUT2D eigenvalue weighted by Gasteiger charge is -2.21. The molecule has 0 saturated carbocycles. The van der Waals surface area contributed by atoms with Crippen LogP contribution in [0.25, 0.3) is 0 Å². The maximum Gasteiger partial charge on any atom is 0.209 e. The first-order chi connectivity index (χ1) is 8.99. The average Bonchev–Trinajstić information content (AvgIpc) is 3.14. The van der Waals surface area contributed by atoms with E-state index in [0.29, 0.717) is 0 Å². The average molecular weight is 260 g/mol. The molecule has 2 rings (SSSR count). The number of ether oxygens (including phenoxy) is 1. The van der Waals surface area contributed by atoms with Crippen molar-refractivity contribution in [2.24, 2.45) is 5.92 Å². The highest BCUT2D eigenvalue weighted by molar-refractivity contribution is 6.19. The molecule has 0 radical (unpaired) electrons. The lowest BCUT2D eigenvalue weighted by molar-refractivity contribution is -0.303. The lowest BCUT2D eigenvalue weighted by Crippen LogP contribution is -2.37. The van der Waals surface area contributed by atoms with Crippen molar-refractivity contribution in [3.05, 3.63) is 47.8 Å². The van der Waals surface area contributed by atoms with Gasteiger partial charge < -0.3 is 24.5 Å². The van der Waals surface area contributed by atoms with E-state index in [1.807, 2.05) is 0 Å². The van der Waals surface area contributed by atoms with Crippen LogP contribution in [0.2, 0.25) is 0 Å². The van der Waals surface area contributed by atoms with Gasteiger partial charge in [-0.1, -0.05) is 18.2 Å². The highest BCUT2D eigenvalue weighted by Crippen LogP contribution is 2.21. The fourth-order valence-corrected chi connectivity index (χ4v) is 1.48. The number of carbonyl (C=O) groups excluding carboxylic acids is 3. The van der Waals surface area contributed by atoms with Gasteiger partial charge in [0.2, 0.25) is 5.78 Å². The molecule has 2 aliphatic rings. The van der Waals surface area contributed by atoms with E-state index in [2.05, 4.69) is 0 Å². The number of carboxylic acid groups (broad SMARTS) is 2. The van der Waals surface area contributed by atoms with Crippen molar-refractivity contribution in [3.63, 3.8) is 0 Å². The quantitative estimate of drug-likeness (QED) is 0.245. The topological polar surface area (TPSA) is 107 Å². The largest absolute Gasteiger partial charge is 0.545 e. The number of hydrogen-bond acceptors (Lipinski definition) is 6. The number of Topliss-reactive ketones (excluding diaryl/α,β-unsaturated/α-hetero) is 1. The van der Waals surface area contributed by atoms with E-state index in [1.54, 1.807) is 12.2 Å². The van der Waals surface area contributed by atoms with Gasteiger partial charge in [-0.2, -0.15) is 0 Å². The Morgan fingerprint density at radius 3 is 2.42 bits per heavy atom. The summed E-state index contributed by atoms with van der Waals surface area (Å²) in [5.41, 5.74) is -0.560. The Bertz CT molecular complexity index is 558. The summed E-state index contributed by atoms with van der Waals surface area (Å²) in [6.07, 6.45) is 7.02. The molecule has 6 nitrogen and oxygen atoms in total. The highest BCUT2D eigenvalue weighted by atomic mass is 16.5. The van der Waals surface area contributed by atoms with Gasteiger partial charge in [-0.05, 0) is 18.2 Å². The Hall–Kier alpha value is -2.63. The van der Waals surface area contributed by atoms with Crippen LogP contribution in [0.1, 0.15) is 0 Å². The van der Waals surface area contributed by atoms with E-state index >= 15 is 0 Å². The third-order valence-electron chi connectivity index (χ3n) is 2.51. The molecule has 0 fully saturated rings. The summed E-state index contributed by atoms with van der Waals surface area (Å²) in [5.74, 6) is -4.70. The molecule has 0 aromatic carbocycles. The predicted octanol–water partition coefficient (Wildman–Crippen LogP) is -1.99. The van der Waals surface area contributed by atoms with Gasteiger partial charge in [-0.3, -0.25) is 4.79 Å². The van der Waals surface area contributed by atoms with Crippen LogP contribution in [0.3, 0.4) is 0 Å². The Morgan fingerprint density at radius 1 is 1.21 bits per heavy atom. The summed E-state index contributed by atoms with van der Waals surface area (Å²) in [7, 11) is 0. The zero-order valence-corrected chi connectivity index (χ0v) is 9.57. The molecule has 1 unspecified atom stereocenters. The molecule has 2 aliphatic carbocycles. The normalized spacial score (nSPS) is 22.1. The van der Waals surface area contributed by atoms with Crippen LogP contribution >= 0.6 is 0 Å². The number of aliphatic carboxylic acids is 2. The standard InChI is InChI=1S/C13H10O6/c14-11-8(12(15)16)2-1-3-9(11)19-10(13(17)18)6-7-4-5-7/h1-7,9H,(H,15,16)(H,17,18)/p-2/b10-6-. The van der Waals surface area contributed by atoms with E-state index in [0.717, 1.165) is 6.08 Å². The van der Waals surface area contributed by atoms with Gasteiger partial charge in [0, 0.05) is 11.5 Å².